The van der Waals surface area contributed by atoms with Gasteiger partial charge < -0.3 is 14.9 Å². The molecule has 0 saturated heterocycles. The van der Waals surface area contributed by atoms with Crippen LogP contribution in [-0.4, -0.2) is 45.2 Å². The maximum Gasteiger partial charge on any atom is 0.0612 e. The number of hydrogen-bond acceptors (Lipinski definition) is 3. The molecule has 0 aliphatic carbocycles. The van der Waals surface area contributed by atoms with Crippen molar-refractivity contribution in [2.24, 2.45) is 11.8 Å². The Morgan fingerprint density at radius 3 is 2.10 bits per heavy atom. The molecule has 3 nitrogen and oxygen atoms in total. The Bertz CT molecular complexity index is 356. The third kappa shape index (κ3) is 22.1. The number of methoxy groups -OCH3 is 1. The highest BCUT2D eigenvalue weighted by atomic mass is 28.3. The number of allylic oxidation sites excluding steroid dienone is 1. The normalized spacial score (nSPS) is 13.1. The zero-order valence-electron chi connectivity index (χ0n) is 17.6. The van der Waals surface area contributed by atoms with Gasteiger partial charge in [-0.1, -0.05) is 97.8 Å². The van der Waals surface area contributed by atoms with Gasteiger partial charge in [0.15, 0.2) is 0 Å². The van der Waals surface area contributed by atoms with E-state index in [0.717, 1.165) is 19.4 Å². The van der Waals surface area contributed by atoms with E-state index in [-0.39, 0.29) is 41.4 Å². The van der Waals surface area contributed by atoms with Gasteiger partial charge in [-0.25, -0.2) is 0 Å². The predicted octanol–water partition coefficient (Wildman–Crippen LogP) is 7.33. The van der Waals surface area contributed by atoms with Gasteiger partial charge in [0.05, 0.1) is 6.61 Å². The van der Waals surface area contributed by atoms with Crippen molar-refractivity contribution in [2.75, 3.05) is 26.9 Å². The lowest BCUT2D eigenvalue weighted by Gasteiger charge is -2.26. The van der Waals surface area contributed by atoms with Crippen LogP contribution in [0, 0.1) is 11.8 Å². The second-order valence-electron chi connectivity index (χ2n) is 8.38. The SMILES string of the molecule is C.C.C.C=CC(CO)CC(C/C=C/CO)CC[Si](C)(C)CCCCCCCOC. The van der Waals surface area contributed by atoms with Crippen LogP contribution in [0.5, 0.6) is 0 Å². The molecule has 0 amide bonds. The van der Waals surface area contributed by atoms with Gasteiger partial charge in [-0.2, -0.15) is 0 Å². The summed E-state index contributed by atoms with van der Waals surface area (Å²) >= 11 is 0. The molecule has 2 atom stereocenters. The van der Waals surface area contributed by atoms with Gasteiger partial charge in [0.2, 0.25) is 0 Å². The Morgan fingerprint density at radius 2 is 1.55 bits per heavy atom. The molecular formula is C25H56O3Si. The molecule has 4 heteroatoms. The fraction of sp³-hybridized carbons (Fsp3) is 0.840. The van der Waals surface area contributed by atoms with Crippen molar-refractivity contribution in [2.45, 2.75) is 98.8 Å². The molecule has 178 valence electrons. The maximum atomic E-state index is 9.47. The lowest BCUT2D eigenvalue weighted by molar-refractivity contribution is 0.192. The number of aliphatic hydroxyl groups excluding tert-OH is 2. The van der Waals surface area contributed by atoms with E-state index < -0.39 is 8.07 Å². The highest BCUT2D eigenvalue weighted by molar-refractivity contribution is 6.77. The Morgan fingerprint density at radius 1 is 0.931 bits per heavy atom. The molecule has 0 saturated carbocycles. The van der Waals surface area contributed by atoms with Crippen LogP contribution in [0.3, 0.4) is 0 Å². The first-order valence-corrected chi connectivity index (χ1v) is 13.9. The summed E-state index contributed by atoms with van der Waals surface area (Å²) in [5.41, 5.74) is 0. The molecule has 0 bridgehead atoms. The highest BCUT2D eigenvalue weighted by Gasteiger charge is 2.22. The van der Waals surface area contributed by atoms with E-state index in [9.17, 15) is 5.11 Å². The van der Waals surface area contributed by atoms with Crippen molar-refractivity contribution in [3.63, 3.8) is 0 Å². The van der Waals surface area contributed by atoms with Crippen LogP contribution in [0.15, 0.2) is 24.8 Å². The van der Waals surface area contributed by atoms with Gasteiger partial charge in [0.1, 0.15) is 0 Å². The molecule has 0 rings (SSSR count). The van der Waals surface area contributed by atoms with E-state index in [1.807, 2.05) is 12.2 Å². The molecule has 0 aromatic rings. The quantitative estimate of drug-likeness (QED) is 0.135. The van der Waals surface area contributed by atoms with Crippen molar-refractivity contribution in [3.8, 4) is 0 Å². The standard InChI is InChI=1S/C22H44O3Si.3CH4/c1-5-21(20-24)19-22(13-9-10-15-23)14-18-26(3,4)17-12-8-6-7-11-16-25-2;;;/h5,9-10,21-24H,1,6-8,11-20H2,2-4H3;3*1H4/b10-9+;;;. The van der Waals surface area contributed by atoms with Gasteiger partial charge in [0, 0.05) is 28.4 Å². The minimum atomic E-state index is -1.15. The third-order valence-electron chi connectivity index (χ3n) is 5.38. The van der Waals surface area contributed by atoms with E-state index in [1.54, 1.807) is 7.11 Å². The first-order chi connectivity index (χ1) is 12.5. The largest absolute Gasteiger partial charge is 0.396 e. The Labute approximate surface area is 185 Å². The van der Waals surface area contributed by atoms with Gasteiger partial charge in [-0.15, -0.1) is 6.58 Å². The highest BCUT2D eigenvalue weighted by Crippen LogP contribution is 2.28. The second kappa shape index (κ2) is 23.9. The van der Waals surface area contributed by atoms with Crippen molar-refractivity contribution in [1.82, 2.24) is 0 Å². The Hall–Kier alpha value is -0.423. The monoisotopic (exact) mass is 432 g/mol. The fourth-order valence-electron chi connectivity index (χ4n) is 3.47. The summed E-state index contributed by atoms with van der Waals surface area (Å²) in [6.07, 6.45) is 15.6. The lowest BCUT2D eigenvalue weighted by atomic mass is 9.90. The van der Waals surface area contributed by atoms with Crippen LogP contribution in [0.4, 0.5) is 0 Å². The van der Waals surface area contributed by atoms with E-state index in [1.165, 1.54) is 50.6 Å². The summed E-state index contributed by atoms with van der Waals surface area (Å²) in [6, 6.07) is 2.77. The summed E-state index contributed by atoms with van der Waals surface area (Å²) in [7, 11) is 0.630. The molecule has 0 aliphatic rings. The van der Waals surface area contributed by atoms with E-state index >= 15 is 0 Å². The molecular weight excluding hydrogens is 376 g/mol. The number of hydrogen-bond donors (Lipinski definition) is 2. The summed E-state index contributed by atoms with van der Waals surface area (Å²) < 4.78 is 5.10. The summed E-state index contributed by atoms with van der Waals surface area (Å²) in [6.45, 7) is 10.1. The molecule has 2 unspecified atom stereocenters. The molecule has 2 N–H and O–H groups in total. The molecule has 0 spiro atoms. The first kappa shape index (κ1) is 36.0. The topological polar surface area (TPSA) is 49.7 Å². The molecule has 0 aromatic heterocycles. The van der Waals surface area contributed by atoms with Crippen LogP contribution < -0.4 is 0 Å². The Kier molecular flexibility index (Phi) is 29.6. The van der Waals surface area contributed by atoms with E-state index in [2.05, 4.69) is 25.7 Å². The molecule has 0 fully saturated rings. The zero-order chi connectivity index (χ0) is 19.7. The van der Waals surface area contributed by atoms with Gasteiger partial charge >= 0.3 is 0 Å². The summed E-state index contributed by atoms with van der Waals surface area (Å²) in [4.78, 5) is 0. The van der Waals surface area contributed by atoms with E-state index in [0.29, 0.717) is 5.92 Å². The maximum absolute atomic E-state index is 9.47. The van der Waals surface area contributed by atoms with Crippen molar-refractivity contribution in [3.05, 3.63) is 24.8 Å². The average molecular weight is 433 g/mol. The molecule has 0 aliphatic heterocycles. The molecule has 0 heterocycles. The third-order valence-corrected chi connectivity index (χ3v) is 8.73. The molecule has 0 radical (unpaired) electrons. The fourth-order valence-corrected chi connectivity index (χ4v) is 6.12. The van der Waals surface area contributed by atoms with E-state index in [4.69, 9.17) is 9.84 Å². The first-order valence-electron chi connectivity index (χ1n) is 10.5. The van der Waals surface area contributed by atoms with Gasteiger partial charge in [0.25, 0.3) is 0 Å². The number of rotatable bonds is 18. The van der Waals surface area contributed by atoms with Crippen LogP contribution in [0.1, 0.15) is 73.6 Å². The minimum Gasteiger partial charge on any atom is -0.396 e. The van der Waals surface area contributed by atoms with Gasteiger partial charge in [-0.3, -0.25) is 0 Å². The van der Waals surface area contributed by atoms with Gasteiger partial charge in [-0.05, 0) is 31.1 Å². The summed E-state index contributed by atoms with van der Waals surface area (Å²) in [5.74, 6) is 0.771. The van der Waals surface area contributed by atoms with Crippen LogP contribution >= 0.6 is 0 Å². The smallest absolute Gasteiger partial charge is 0.0612 e. The molecule has 29 heavy (non-hydrogen) atoms. The second-order valence-corrected chi connectivity index (χ2v) is 13.7. The number of aliphatic hydroxyl groups is 2. The van der Waals surface area contributed by atoms with Crippen molar-refractivity contribution >= 4 is 8.07 Å². The predicted molar refractivity (Wildman–Crippen MR) is 137 cm³/mol. The van der Waals surface area contributed by atoms with Crippen LogP contribution in [0.25, 0.3) is 0 Å². The zero-order valence-corrected chi connectivity index (χ0v) is 18.6. The lowest BCUT2D eigenvalue weighted by Crippen LogP contribution is -2.26. The Balaban J connectivity index is -0.00000104. The van der Waals surface area contributed by atoms with Crippen molar-refractivity contribution in [1.29, 1.82) is 0 Å². The van der Waals surface area contributed by atoms with Crippen LogP contribution in [0.2, 0.25) is 25.2 Å². The minimum absolute atomic E-state index is 0. The van der Waals surface area contributed by atoms with Crippen LogP contribution in [-0.2, 0) is 4.74 Å². The number of unbranched alkanes of at least 4 members (excludes halogenated alkanes) is 4. The average Bonchev–Trinajstić information content (AvgIpc) is 2.63. The number of ether oxygens (including phenoxy) is 1. The molecule has 0 aromatic carbocycles. The summed E-state index contributed by atoms with van der Waals surface area (Å²) in [5, 5.41) is 18.4. The van der Waals surface area contributed by atoms with Crippen molar-refractivity contribution < 1.29 is 14.9 Å².